The fourth-order valence-electron chi connectivity index (χ4n) is 3.52. The molecule has 11 nitrogen and oxygen atoms in total. The molecule has 1 aromatic heterocycles. The van der Waals surface area contributed by atoms with Crippen LogP contribution in [0.2, 0.25) is 0 Å². The molecule has 5 atom stereocenters. The number of aliphatic carboxylic acids is 1. The molecule has 8 N–H and O–H groups in total. The van der Waals surface area contributed by atoms with E-state index in [9.17, 15) is 29.4 Å². The van der Waals surface area contributed by atoms with E-state index in [1.165, 1.54) is 18.7 Å². The van der Waals surface area contributed by atoms with Gasteiger partial charge < -0.3 is 36.9 Å². The number of nitrogens with one attached hydrogen (secondary N) is 4. The summed E-state index contributed by atoms with van der Waals surface area (Å²) in [6.45, 7) is 1.22. The van der Waals surface area contributed by atoms with E-state index in [0.717, 1.165) is 16.5 Å². The number of carbonyl (C=O) groups excluding carboxylic acids is 3. The van der Waals surface area contributed by atoms with Crippen molar-refractivity contribution in [2.45, 2.75) is 50.0 Å². The summed E-state index contributed by atoms with van der Waals surface area (Å²) in [6.07, 6.45) is 2.83. The Bertz CT molecular complexity index is 1060. The van der Waals surface area contributed by atoms with E-state index in [1.807, 2.05) is 30.5 Å². The summed E-state index contributed by atoms with van der Waals surface area (Å²) in [7, 11) is 0. The predicted octanol–water partition coefficient (Wildman–Crippen LogP) is -0.360. The molecule has 3 amide bonds. The molecule has 36 heavy (non-hydrogen) atoms. The molecular weight excluding hydrogens is 506 g/mol. The van der Waals surface area contributed by atoms with Crippen molar-refractivity contribution >= 4 is 59.0 Å². The Labute approximate surface area is 218 Å². The first-order chi connectivity index (χ1) is 17.1. The lowest BCUT2D eigenvalue weighted by molar-refractivity contribution is -0.145. The Hall–Kier alpha value is -2.74. The van der Waals surface area contributed by atoms with Crippen molar-refractivity contribution in [2.24, 2.45) is 5.73 Å². The number of H-pyrrole nitrogens is 1. The average molecular weight is 540 g/mol. The smallest absolute Gasteiger partial charge is 0.328 e. The molecule has 1 heterocycles. The monoisotopic (exact) mass is 539 g/mol. The maximum absolute atomic E-state index is 13.0. The number of aliphatic hydroxyl groups excluding tert-OH is 1. The SMILES string of the molecule is CSCCC(NC(=O)C(N)Cc1c[nH]c2ccccc12)C(=O)NC(CS)C(=O)NC(C(=O)O)C(C)O. The quantitative estimate of drug-likeness (QED) is 0.150. The lowest BCUT2D eigenvalue weighted by Crippen LogP contribution is -2.59. The number of thiol groups is 1. The van der Waals surface area contributed by atoms with Crippen LogP contribution in [-0.4, -0.2) is 86.9 Å². The summed E-state index contributed by atoms with van der Waals surface area (Å²) in [5.41, 5.74) is 7.94. The second kappa shape index (κ2) is 14.1. The van der Waals surface area contributed by atoms with Crippen LogP contribution in [0.3, 0.4) is 0 Å². The lowest BCUT2D eigenvalue weighted by Gasteiger charge is -2.25. The molecular formula is C23H33N5O6S2. The Kier molecular flexibility index (Phi) is 11.6. The number of fused-ring (bicyclic) bond motifs is 1. The number of rotatable bonds is 14. The van der Waals surface area contributed by atoms with Crippen molar-refractivity contribution in [3.63, 3.8) is 0 Å². The van der Waals surface area contributed by atoms with E-state index in [2.05, 4.69) is 33.6 Å². The fourth-order valence-corrected chi connectivity index (χ4v) is 4.25. The number of benzene rings is 1. The first-order valence-corrected chi connectivity index (χ1v) is 13.3. The van der Waals surface area contributed by atoms with E-state index < -0.39 is 54.0 Å². The Morgan fingerprint density at radius 1 is 1.08 bits per heavy atom. The molecule has 2 aromatic rings. The molecule has 0 spiro atoms. The summed E-state index contributed by atoms with van der Waals surface area (Å²) in [6, 6.07) is 3.01. The number of hydrogen-bond donors (Lipinski definition) is 8. The highest BCUT2D eigenvalue weighted by Gasteiger charge is 2.31. The van der Waals surface area contributed by atoms with Crippen LogP contribution in [0.25, 0.3) is 10.9 Å². The summed E-state index contributed by atoms with van der Waals surface area (Å²) >= 11 is 5.56. The molecule has 0 saturated carbocycles. The van der Waals surface area contributed by atoms with Gasteiger partial charge in [0.25, 0.3) is 0 Å². The lowest BCUT2D eigenvalue weighted by atomic mass is 10.0. The number of carbonyl (C=O) groups is 4. The van der Waals surface area contributed by atoms with Crippen molar-refractivity contribution in [1.29, 1.82) is 0 Å². The van der Waals surface area contributed by atoms with E-state index in [4.69, 9.17) is 5.73 Å². The maximum Gasteiger partial charge on any atom is 0.328 e. The molecule has 0 aliphatic heterocycles. The van der Waals surface area contributed by atoms with Crippen LogP contribution < -0.4 is 21.7 Å². The number of para-hydroxylation sites is 1. The van der Waals surface area contributed by atoms with E-state index in [0.29, 0.717) is 5.75 Å². The van der Waals surface area contributed by atoms with Gasteiger partial charge in [-0.2, -0.15) is 24.4 Å². The summed E-state index contributed by atoms with van der Waals surface area (Å²) < 4.78 is 0. The first kappa shape index (κ1) is 29.5. The van der Waals surface area contributed by atoms with Crippen molar-refractivity contribution in [1.82, 2.24) is 20.9 Å². The highest BCUT2D eigenvalue weighted by atomic mass is 32.2. The number of carboxylic acid groups (broad SMARTS) is 1. The van der Waals surface area contributed by atoms with Crippen molar-refractivity contribution in [2.75, 3.05) is 17.8 Å². The van der Waals surface area contributed by atoms with Crippen LogP contribution >= 0.6 is 24.4 Å². The Morgan fingerprint density at radius 2 is 1.72 bits per heavy atom. The molecule has 2 rings (SSSR count). The maximum atomic E-state index is 13.0. The van der Waals surface area contributed by atoms with E-state index >= 15 is 0 Å². The van der Waals surface area contributed by atoms with Crippen molar-refractivity contribution < 1.29 is 29.4 Å². The third-order valence-corrected chi connectivity index (χ3v) is 6.57. The third-order valence-electron chi connectivity index (χ3n) is 5.56. The molecule has 13 heteroatoms. The number of nitrogens with two attached hydrogens (primary N) is 1. The van der Waals surface area contributed by atoms with Gasteiger partial charge in [-0.15, -0.1) is 0 Å². The van der Waals surface area contributed by atoms with Crippen LogP contribution in [0, 0.1) is 0 Å². The van der Waals surface area contributed by atoms with Gasteiger partial charge in [-0.05, 0) is 43.4 Å². The van der Waals surface area contributed by atoms with Crippen molar-refractivity contribution in [3.05, 3.63) is 36.0 Å². The van der Waals surface area contributed by atoms with Crippen LogP contribution in [-0.2, 0) is 25.6 Å². The molecule has 1 aromatic carbocycles. The zero-order chi connectivity index (χ0) is 26.8. The minimum atomic E-state index is -1.55. The highest BCUT2D eigenvalue weighted by Crippen LogP contribution is 2.18. The number of carboxylic acids is 1. The fraction of sp³-hybridized carbons (Fsp3) is 0.478. The number of hydrogen-bond acceptors (Lipinski definition) is 8. The normalized spacial score (nSPS) is 15.4. The number of aliphatic hydroxyl groups is 1. The Balaban J connectivity index is 2.05. The second-order valence-corrected chi connectivity index (χ2v) is 9.67. The van der Waals surface area contributed by atoms with Crippen molar-refractivity contribution in [3.8, 4) is 0 Å². The number of aromatic amines is 1. The van der Waals surface area contributed by atoms with Gasteiger partial charge in [-0.3, -0.25) is 14.4 Å². The molecule has 5 unspecified atom stereocenters. The topological polar surface area (TPSA) is 187 Å². The van der Waals surface area contributed by atoms with Crippen LogP contribution in [0.5, 0.6) is 0 Å². The van der Waals surface area contributed by atoms with Gasteiger partial charge in [-0.25, -0.2) is 4.79 Å². The molecule has 0 bridgehead atoms. The average Bonchev–Trinajstić information content (AvgIpc) is 3.25. The van der Waals surface area contributed by atoms with Gasteiger partial charge in [0.1, 0.15) is 12.1 Å². The van der Waals surface area contributed by atoms with E-state index in [-0.39, 0.29) is 18.6 Å². The molecule has 0 radical (unpaired) electrons. The Morgan fingerprint density at radius 3 is 2.33 bits per heavy atom. The summed E-state index contributed by atoms with van der Waals surface area (Å²) in [4.78, 5) is 52.7. The molecule has 0 aliphatic carbocycles. The van der Waals surface area contributed by atoms with Crippen LogP contribution in [0.1, 0.15) is 18.9 Å². The van der Waals surface area contributed by atoms with E-state index in [1.54, 1.807) is 6.20 Å². The molecule has 198 valence electrons. The molecule has 0 saturated heterocycles. The zero-order valence-corrected chi connectivity index (χ0v) is 21.8. The standard InChI is InChI=1S/C23H33N5O6S2/c1-12(29)19(23(33)34)28-22(32)18(11-35)27-21(31)17(7-8-36-2)26-20(30)15(24)9-13-10-25-16-6-4-3-5-14(13)16/h3-6,10,12,15,17-19,25,29,35H,7-9,11,24H2,1-2H3,(H,26,30)(H,27,31)(H,28,32)(H,33,34). The largest absolute Gasteiger partial charge is 0.480 e. The van der Waals surface area contributed by atoms with Gasteiger partial charge in [0.2, 0.25) is 17.7 Å². The second-order valence-electron chi connectivity index (χ2n) is 8.32. The summed E-state index contributed by atoms with van der Waals surface area (Å²) in [5.74, 6) is -2.97. The van der Waals surface area contributed by atoms with Crippen LogP contribution in [0.15, 0.2) is 30.5 Å². The molecule has 0 aliphatic rings. The van der Waals surface area contributed by atoms with Gasteiger partial charge in [-0.1, -0.05) is 18.2 Å². The number of aromatic nitrogens is 1. The first-order valence-electron chi connectivity index (χ1n) is 11.3. The minimum absolute atomic E-state index is 0.132. The van der Waals surface area contributed by atoms with Gasteiger partial charge in [0, 0.05) is 22.9 Å². The number of thioether (sulfide) groups is 1. The van der Waals surface area contributed by atoms with Gasteiger partial charge >= 0.3 is 5.97 Å². The van der Waals surface area contributed by atoms with Gasteiger partial charge in [0.05, 0.1) is 12.1 Å². The van der Waals surface area contributed by atoms with Gasteiger partial charge in [0.15, 0.2) is 6.04 Å². The van der Waals surface area contributed by atoms with Crippen LogP contribution in [0.4, 0.5) is 0 Å². The zero-order valence-electron chi connectivity index (χ0n) is 20.1. The molecule has 0 fully saturated rings. The predicted molar refractivity (Wildman–Crippen MR) is 142 cm³/mol. The summed E-state index contributed by atoms with van der Waals surface area (Å²) in [5, 5.41) is 27.1. The highest BCUT2D eigenvalue weighted by molar-refractivity contribution is 7.98. The minimum Gasteiger partial charge on any atom is -0.480 e. The third kappa shape index (κ3) is 8.15. The number of amides is 3.